The number of amides is 1. The zero-order valence-corrected chi connectivity index (χ0v) is 10.7. The fourth-order valence-corrected chi connectivity index (χ4v) is 2.90. The Morgan fingerprint density at radius 3 is 2.89 bits per heavy atom. The zero-order chi connectivity index (χ0) is 13.4. The van der Waals surface area contributed by atoms with Crippen molar-refractivity contribution in [2.75, 3.05) is 11.4 Å². The van der Waals surface area contributed by atoms with Gasteiger partial charge in [0.15, 0.2) is 0 Å². The summed E-state index contributed by atoms with van der Waals surface area (Å²) in [5.41, 5.74) is 1.66. The molecule has 2 heterocycles. The number of carbonyl (C=O) groups is 1. The van der Waals surface area contributed by atoms with Crippen LogP contribution in [0.25, 0.3) is 0 Å². The molecule has 0 unspecified atom stereocenters. The van der Waals surface area contributed by atoms with Crippen molar-refractivity contribution in [3.8, 4) is 0 Å². The molecular weight excluding hydrogens is 264 g/mol. The van der Waals surface area contributed by atoms with Crippen LogP contribution in [0.5, 0.6) is 0 Å². The van der Waals surface area contributed by atoms with E-state index in [0.29, 0.717) is 17.1 Å². The molecule has 0 saturated carbocycles. The number of non-ortho nitro benzene ring substituents is 1. The molecule has 1 aliphatic heterocycles. The monoisotopic (exact) mass is 274 g/mol. The molecule has 0 radical (unpaired) electrons. The second-order valence-electron chi connectivity index (χ2n) is 4.25. The molecular formula is C13H10N2O3S. The van der Waals surface area contributed by atoms with Gasteiger partial charge in [-0.3, -0.25) is 14.9 Å². The van der Waals surface area contributed by atoms with Gasteiger partial charge in [-0.05, 0) is 23.4 Å². The molecule has 3 rings (SSSR count). The summed E-state index contributed by atoms with van der Waals surface area (Å²) in [4.78, 5) is 25.0. The van der Waals surface area contributed by atoms with Crippen LogP contribution in [-0.2, 0) is 6.42 Å². The highest BCUT2D eigenvalue weighted by molar-refractivity contribution is 7.12. The second kappa shape index (κ2) is 4.47. The van der Waals surface area contributed by atoms with Crippen molar-refractivity contribution in [1.29, 1.82) is 0 Å². The van der Waals surface area contributed by atoms with Crippen LogP contribution in [0.4, 0.5) is 11.4 Å². The van der Waals surface area contributed by atoms with Crippen LogP contribution in [0.2, 0.25) is 0 Å². The number of nitrogens with zero attached hydrogens (tertiary/aromatic N) is 2. The molecule has 0 aliphatic carbocycles. The number of hydrogen-bond acceptors (Lipinski definition) is 4. The first-order valence-corrected chi connectivity index (χ1v) is 6.67. The van der Waals surface area contributed by atoms with Crippen molar-refractivity contribution < 1.29 is 9.72 Å². The Balaban J connectivity index is 1.99. The minimum Gasteiger partial charge on any atom is -0.307 e. The SMILES string of the molecule is O=C(c1cccs1)N1CCc2ccc([N+](=O)[O-])cc21. The first-order chi connectivity index (χ1) is 9.16. The lowest BCUT2D eigenvalue weighted by Crippen LogP contribution is -2.28. The molecule has 6 heteroatoms. The van der Waals surface area contributed by atoms with E-state index in [9.17, 15) is 14.9 Å². The van der Waals surface area contributed by atoms with Crippen LogP contribution >= 0.6 is 11.3 Å². The third kappa shape index (κ3) is 2.00. The topological polar surface area (TPSA) is 63.5 Å². The summed E-state index contributed by atoms with van der Waals surface area (Å²) >= 11 is 1.38. The van der Waals surface area contributed by atoms with E-state index < -0.39 is 4.92 Å². The summed E-state index contributed by atoms with van der Waals surface area (Å²) < 4.78 is 0. The molecule has 0 N–H and O–H groups in total. The van der Waals surface area contributed by atoms with Gasteiger partial charge in [-0.1, -0.05) is 12.1 Å². The highest BCUT2D eigenvalue weighted by Crippen LogP contribution is 2.33. The van der Waals surface area contributed by atoms with E-state index in [-0.39, 0.29) is 11.6 Å². The van der Waals surface area contributed by atoms with Crippen LogP contribution < -0.4 is 4.90 Å². The molecule has 1 amide bonds. The average molecular weight is 274 g/mol. The van der Waals surface area contributed by atoms with E-state index in [1.165, 1.54) is 23.5 Å². The number of rotatable bonds is 2. The summed E-state index contributed by atoms with van der Waals surface area (Å²) in [6.45, 7) is 0.577. The fourth-order valence-electron chi connectivity index (χ4n) is 2.23. The molecule has 2 aromatic rings. The largest absolute Gasteiger partial charge is 0.307 e. The van der Waals surface area contributed by atoms with Gasteiger partial charge in [0.1, 0.15) is 0 Å². The number of hydrogen-bond donors (Lipinski definition) is 0. The predicted octanol–water partition coefficient (Wildman–Crippen LogP) is 2.86. The highest BCUT2D eigenvalue weighted by atomic mass is 32.1. The molecule has 1 aromatic heterocycles. The normalized spacial score (nSPS) is 13.4. The fraction of sp³-hybridized carbons (Fsp3) is 0.154. The molecule has 0 bridgehead atoms. The van der Waals surface area contributed by atoms with E-state index >= 15 is 0 Å². The van der Waals surface area contributed by atoms with Crippen molar-refractivity contribution in [2.45, 2.75) is 6.42 Å². The van der Waals surface area contributed by atoms with Crippen LogP contribution in [0.15, 0.2) is 35.7 Å². The van der Waals surface area contributed by atoms with E-state index in [1.54, 1.807) is 17.0 Å². The van der Waals surface area contributed by atoms with Gasteiger partial charge < -0.3 is 4.90 Å². The lowest BCUT2D eigenvalue weighted by atomic mass is 10.1. The Labute approximate surface area is 113 Å². The number of anilines is 1. The Hall–Kier alpha value is -2.21. The molecule has 0 spiro atoms. The smallest absolute Gasteiger partial charge is 0.271 e. The van der Waals surface area contributed by atoms with Gasteiger partial charge in [0.25, 0.3) is 11.6 Å². The minimum atomic E-state index is -0.438. The zero-order valence-electron chi connectivity index (χ0n) is 9.91. The van der Waals surface area contributed by atoms with Gasteiger partial charge in [0, 0.05) is 18.7 Å². The Morgan fingerprint density at radius 1 is 1.37 bits per heavy atom. The summed E-state index contributed by atoms with van der Waals surface area (Å²) in [6, 6.07) is 8.28. The Bertz CT molecular complexity index is 652. The van der Waals surface area contributed by atoms with E-state index in [2.05, 4.69) is 0 Å². The van der Waals surface area contributed by atoms with Gasteiger partial charge in [-0.25, -0.2) is 0 Å². The van der Waals surface area contributed by atoms with Crippen LogP contribution in [0.3, 0.4) is 0 Å². The van der Waals surface area contributed by atoms with Crippen molar-refractivity contribution in [1.82, 2.24) is 0 Å². The average Bonchev–Trinajstić information content (AvgIpc) is 3.06. The molecule has 0 atom stereocenters. The van der Waals surface area contributed by atoms with Crippen molar-refractivity contribution in [3.05, 3.63) is 56.3 Å². The number of nitro benzene ring substituents is 1. The van der Waals surface area contributed by atoms with Crippen molar-refractivity contribution in [2.24, 2.45) is 0 Å². The quantitative estimate of drug-likeness (QED) is 0.625. The first-order valence-electron chi connectivity index (χ1n) is 5.79. The van der Waals surface area contributed by atoms with Gasteiger partial charge in [-0.2, -0.15) is 0 Å². The maximum atomic E-state index is 12.3. The van der Waals surface area contributed by atoms with Crippen molar-refractivity contribution >= 4 is 28.6 Å². The third-order valence-electron chi connectivity index (χ3n) is 3.15. The molecule has 1 aromatic carbocycles. The second-order valence-corrected chi connectivity index (χ2v) is 5.20. The van der Waals surface area contributed by atoms with Gasteiger partial charge in [0.2, 0.25) is 0 Å². The molecule has 96 valence electrons. The van der Waals surface area contributed by atoms with Crippen LogP contribution in [-0.4, -0.2) is 17.4 Å². The lowest BCUT2D eigenvalue weighted by molar-refractivity contribution is -0.384. The molecule has 5 nitrogen and oxygen atoms in total. The number of thiophene rings is 1. The van der Waals surface area contributed by atoms with Crippen LogP contribution in [0.1, 0.15) is 15.2 Å². The maximum absolute atomic E-state index is 12.3. The number of nitro groups is 1. The maximum Gasteiger partial charge on any atom is 0.271 e. The molecule has 0 fully saturated rings. The standard InChI is InChI=1S/C13H10N2O3S/c16-13(12-2-1-7-19-12)14-6-5-9-3-4-10(15(17)18)8-11(9)14/h1-4,7-8H,5-6H2. The third-order valence-corrected chi connectivity index (χ3v) is 4.01. The van der Waals surface area contributed by atoms with Crippen LogP contribution in [0, 0.1) is 10.1 Å². The molecule has 0 saturated heterocycles. The summed E-state index contributed by atoms with van der Waals surface area (Å²) in [6.07, 6.45) is 0.741. The van der Waals surface area contributed by atoms with E-state index in [0.717, 1.165) is 12.0 Å². The summed E-state index contributed by atoms with van der Waals surface area (Å²) in [7, 11) is 0. The van der Waals surface area contributed by atoms with Crippen molar-refractivity contribution in [3.63, 3.8) is 0 Å². The van der Waals surface area contributed by atoms with Gasteiger partial charge >= 0.3 is 0 Å². The molecule has 19 heavy (non-hydrogen) atoms. The highest BCUT2D eigenvalue weighted by Gasteiger charge is 2.27. The van der Waals surface area contributed by atoms with Gasteiger partial charge in [0.05, 0.1) is 15.5 Å². The van der Waals surface area contributed by atoms with E-state index in [4.69, 9.17) is 0 Å². The van der Waals surface area contributed by atoms with E-state index in [1.807, 2.05) is 11.4 Å². The minimum absolute atomic E-state index is 0.0182. The van der Waals surface area contributed by atoms with Gasteiger partial charge in [-0.15, -0.1) is 11.3 Å². The number of fused-ring (bicyclic) bond motifs is 1. The Morgan fingerprint density at radius 2 is 2.21 bits per heavy atom. The summed E-state index contributed by atoms with van der Waals surface area (Å²) in [5.74, 6) is -0.0887. The summed E-state index contributed by atoms with van der Waals surface area (Å²) in [5, 5.41) is 12.7. The first kappa shape index (κ1) is 11.9. The Kier molecular flexibility index (Phi) is 2.79. The molecule has 1 aliphatic rings. The lowest BCUT2D eigenvalue weighted by Gasteiger charge is -2.15. The number of carbonyl (C=O) groups excluding carboxylic acids is 1. The number of benzene rings is 1. The predicted molar refractivity (Wildman–Crippen MR) is 72.8 cm³/mol.